The summed E-state index contributed by atoms with van der Waals surface area (Å²) >= 11 is 0. The molecule has 0 unspecified atom stereocenters. The highest BCUT2D eigenvalue weighted by atomic mass is 16.5. The molecule has 120 valence electrons. The summed E-state index contributed by atoms with van der Waals surface area (Å²) in [5, 5.41) is 3.14. The Kier molecular flexibility index (Phi) is 4.81. The first-order valence-corrected chi connectivity index (χ1v) is 7.97. The van der Waals surface area contributed by atoms with E-state index in [0.717, 1.165) is 30.8 Å². The molecule has 1 fully saturated rings. The third-order valence-electron chi connectivity index (χ3n) is 4.22. The van der Waals surface area contributed by atoms with Crippen molar-refractivity contribution in [3.8, 4) is 5.75 Å². The minimum Gasteiger partial charge on any atom is -0.496 e. The van der Waals surface area contributed by atoms with E-state index in [9.17, 15) is 4.79 Å². The molecule has 1 aliphatic rings. The van der Waals surface area contributed by atoms with Crippen LogP contribution >= 0.6 is 0 Å². The fourth-order valence-corrected chi connectivity index (χ4v) is 3.05. The van der Waals surface area contributed by atoms with Gasteiger partial charge in [-0.15, -0.1) is 0 Å². The van der Waals surface area contributed by atoms with Crippen molar-refractivity contribution in [3.63, 3.8) is 0 Å². The molecule has 4 heteroatoms. The molecule has 23 heavy (non-hydrogen) atoms. The average Bonchev–Trinajstić information content (AvgIpc) is 3.04. The quantitative estimate of drug-likeness (QED) is 0.923. The van der Waals surface area contributed by atoms with Crippen LogP contribution < -0.4 is 15.0 Å². The van der Waals surface area contributed by atoms with Gasteiger partial charge in [0, 0.05) is 30.4 Å². The fourth-order valence-electron chi connectivity index (χ4n) is 3.05. The number of carbonyl (C=O) groups excluding carboxylic acids is 1. The first kappa shape index (κ1) is 15.4. The lowest BCUT2D eigenvalue weighted by molar-refractivity contribution is -0.121. The van der Waals surface area contributed by atoms with Gasteiger partial charge in [-0.1, -0.05) is 36.4 Å². The molecule has 1 amide bonds. The second-order valence-electron chi connectivity index (χ2n) is 5.82. The van der Waals surface area contributed by atoms with Crippen LogP contribution in [-0.4, -0.2) is 32.1 Å². The van der Waals surface area contributed by atoms with Gasteiger partial charge in [-0.3, -0.25) is 4.79 Å². The topological polar surface area (TPSA) is 41.6 Å². The molecule has 1 aliphatic heterocycles. The molecule has 1 atom stereocenters. The highest BCUT2D eigenvalue weighted by molar-refractivity contribution is 5.79. The first-order valence-electron chi connectivity index (χ1n) is 7.97. The van der Waals surface area contributed by atoms with Gasteiger partial charge in [0.05, 0.1) is 13.5 Å². The normalized spacial score (nSPS) is 17.1. The van der Waals surface area contributed by atoms with Gasteiger partial charge in [0.2, 0.25) is 5.91 Å². The number of hydrogen-bond acceptors (Lipinski definition) is 3. The third-order valence-corrected chi connectivity index (χ3v) is 4.22. The molecule has 0 aliphatic carbocycles. The van der Waals surface area contributed by atoms with Gasteiger partial charge in [-0.25, -0.2) is 0 Å². The molecule has 2 aromatic carbocycles. The number of rotatable bonds is 5. The van der Waals surface area contributed by atoms with Crippen molar-refractivity contribution in [2.24, 2.45) is 0 Å². The Morgan fingerprint density at radius 1 is 1.17 bits per heavy atom. The van der Waals surface area contributed by atoms with Crippen molar-refractivity contribution in [2.75, 3.05) is 25.1 Å². The van der Waals surface area contributed by atoms with Crippen molar-refractivity contribution < 1.29 is 9.53 Å². The van der Waals surface area contributed by atoms with Crippen LogP contribution in [-0.2, 0) is 11.2 Å². The number of ether oxygens (including phenoxy) is 1. The molecular weight excluding hydrogens is 288 g/mol. The van der Waals surface area contributed by atoms with Gasteiger partial charge in [0.1, 0.15) is 5.75 Å². The van der Waals surface area contributed by atoms with Crippen LogP contribution in [0.5, 0.6) is 5.75 Å². The van der Waals surface area contributed by atoms with Gasteiger partial charge in [-0.05, 0) is 24.6 Å². The van der Waals surface area contributed by atoms with Gasteiger partial charge >= 0.3 is 0 Å². The number of benzene rings is 2. The summed E-state index contributed by atoms with van der Waals surface area (Å²) < 4.78 is 5.30. The fraction of sp³-hybridized carbons (Fsp3) is 0.316. The van der Waals surface area contributed by atoms with Crippen LogP contribution in [0.15, 0.2) is 54.6 Å². The second-order valence-corrected chi connectivity index (χ2v) is 5.82. The zero-order chi connectivity index (χ0) is 16.1. The minimum atomic E-state index is 0.0504. The second kappa shape index (κ2) is 7.18. The lowest BCUT2D eigenvalue weighted by Gasteiger charge is -2.19. The number of carbonyl (C=O) groups is 1. The summed E-state index contributed by atoms with van der Waals surface area (Å²) in [6.45, 7) is 1.84. The largest absolute Gasteiger partial charge is 0.496 e. The smallest absolute Gasteiger partial charge is 0.224 e. The third kappa shape index (κ3) is 3.83. The van der Waals surface area contributed by atoms with E-state index in [1.165, 1.54) is 5.69 Å². The molecule has 1 heterocycles. The van der Waals surface area contributed by atoms with Crippen molar-refractivity contribution in [2.45, 2.75) is 18.9 Å². The van der Waals surface area contributed by atoms with Crippen LogP contribution in [0, 0.1) is 0 Å². The summed E-state index contributed by atoms with van der Waals surface area (Å²) in [6, 6.07) is 18.2. The molecule has 0 saturated carbocycles. The van der Waals surface area contributed by atoms with Crippen LogP contribution in [0.1, 0.15) is 12.0 Å². The molecule has 2 aromatic rings. The SMILES string of the molecule is COc1ccccc1CC(=O)N[C@H]1CCN(c2ccccc2)C1. The van der Waals surface area contributed by atoms with Gasteiger partial charge in [0.15, 0.2) is 0 Å². The predicted molar refractivity (Wildman–Crippen MR) is 91.9 cm³/mol. The number of para-hydroxylation sites is 2. The Morgan fingerprint density at radius 3 is 2.70 bits per heavy atom. The van der Waals surface area contributed by atoms with Crippen molar-refractivity contribution >= 4 is 11.6 Å². The van der Waals surface area contributed by atoms with Crippen LogP contribution in [0.2, 0.25) is 0 Å². The van der Waals surface area contributed by atoms with E-state index in [1.807, 2.05) is 42.5 Å². The lowest BCUT2D eigenvalue weighted by atomic mass is 10.1. The molecule has 4 nitrogen and oxygen atoms in total. The Balaban J connectivity index is 1.55. The van der Waals surface area contributed by atoms with E-state index < -0.39 is 0 Å². The molecule has 0 bridgehead atoms. The standard InChI is InChI=1S/C19H22N2O2/c1-23-18-10-6-5-7-15(18)13-19(22)20-16-11-12-21(14-16)17-8-3-2-4-9-17/h2-10,16H,11-14H2,1H3,(H,20,22)/t16-/m0/s1. The molecule has 3 rings (SSSR count). The number of anilines is 1. The Bertz CT molecular complexity index is 657. The average molecular weight is 310 g/mol. The van der Waals surface area contributed by atoms with Crippen LogP contribution in [0.3, 0.4) is 0 Å². The zero-order valence-electron chi connectivity index (χ0n) is 13.4. The van der Waals surface area contributed by atoms with E-state index >= 15 is 0 Å². The van der Waals surface area contributed by atoms with Gasteiger partial charge in [0.25, 0.3) is 0 Å². The Hall–Kier alpha value is -2.49. The lowest BCUT2D eigenvalue weighted by Crippen LogP contribution is -2.38. The number of hydrogen-bond donors (Lipinski definition) is 1. The molecule has 0 aromatic heterocycles. The summed E-state index contributed by atoms with van der Waals surface area (Å²) in [5.41, 5.74) is 2.14. The van der Waals surface area contributed by atoms with Crippen molar-refractivity contribution in [3.05, 3.63) is 60.2 Å². The monoisotopic (exact) mass is 310 g/mol. The van der Waals surface area contributed by atoms with Crippen molar-refractivity contribution in [1.29, 1.82) is 0 Å². The summed E-state index contributed by atoms with van der Waals surface area (Å²) in [7, 11) is 1.63. The Labute approximate surface area is 137 Å². The molecular formula is C19H22N2O2. The maximum atomic E-state index is 12.3. The van der Waals surface area contributed by atoms with E-state index in [1.54, 1.807) is 7.11 Å². The molecule has 1 saturated heterocycles. The number of nitrogens with one attached hydrogen (secondary N) is 1. The number of methoxy groups -OCH3 is 1. The molecule has 1 N–H and O–H groups in total. The van der Waals surface area contributed by atoms with E-state index in [4.69, 9.17) is 4.74 Å². The van der Waals surface area contributed by atoms with E-state index in [-0.39, 0.29) is 11.9 Å². The Morgan fingerprint density at radius 2 is 1.91 bits per heavy atom. The maximum absolute atomic E-state index is 12.3. The van der Waals surface area contributed by atoms with Crippen LogP contribution in [0.4, 0.5) is 5.69 Å². The number of nitrogens with zero attached hydrogens (tertiary/aromatic N) is 1. The summed E-state index contributed by atoms with van der Waals surface area (Å²) in [5.74, 6) is 0.814. The van der Waals surface area contributed by atoms with Crippen LogP contribution in [0.25, 0.3) is 0 Å². The highest BCUT2D eigenvalue weighted by Crippen LogP contribution is 2.21. The predicted octanol–water partition coefficient (Wildman–Crippen LogP) is 2.63. The maximum Gasteiger partial charge on any atom is 0.224 e. The van der Waals surface area contributed by atoms with E-state index in [0.29, 0.717) is 6.42 Å². The zero-order valence-corrected chi connectivity index (χ0v) is 13.4. The summed E-state index contributed by atoms with van der Waals surface area (Å²) in [4.78, 5) is 14.6. The summed E-state index contributed by atoms with van der Waals surface area (Å²) in [6.07, 6.45) is 1.33. The molecule has 0 spiro atoms. The van der Waals surface area contributed by atoms with Gasteiger partial charge < -0.3 is 15.0 Å². The number of amides is 1. The van der Waals surface area contributed by atoms with E-state index in [2.05, 4.69) is 22.3 Å². The minimum absolute atomic E-state index is 0.0504. The van der Waals surface area contributed by atoms with Gasteiger partial charge in [-0.2, -0.15) is 0 Å². The molecule has 0 radical (unpaired) electrons. The highest BCUT2D eigenvalue weighted by Gasteiger charge is 2.24. The first-order chi connectivity index (χ1) is 11.3. The van der Waals surface area contributed by atoms with Crippen molar-refractivity contribution in [1.82, 2.24) is 5.32 Å².